The second-order valence-corrected chi connectivity index (χ2v) is 5.60. The molecule has 6 nitrogen and oxygen atoms in total. The molecule has 1 fully saturated rings. The molecular weight excluding hydrogens is 266 g/mol. The third-order valence-corrected chi connectivity index (χ3v) is 4.19. The van der Waals surface area contributed by atoms with E-state index < -0.39 is 0 Å². The number of hydrogen-bond acceptors (Lipinski definition) is 5. The number of fused-ring (bicyclic) bond motifs is 3. The second-order valence-electron chi connectivity index (χ2n) is 5.60. The van der Waals surface area contributed by atoms with E-state index in [1.54, 1.807) is 18.5 Å². The third-order valence-electron chi connectivity index (χ3n) is 4.19. The Morgan fingerprint density at radius 1 is 1.24 bits per heavy atom. The van der Waals surface area contributed by atoms with Gasteiger partial charge in [-0.25, -0.2) is 9.97 Å². The fourth-order valence-electron chi connectivity index (χ4n) is 3.05. The number of phenolic OH excluding ortho intramolecular Hbond substituents is 1. The summed E-state index contributed by atoms with van der Waals surface area (Å²) in [5, 5.41) is 11.7. The largest absolute Gasteiger partial charge is 0.508 e. The molecule has 0 bridgehead atoms. The first kappa shape index (κ1) is 12.4. The summed E-state index contributed by atoms with van der Waals surface area (Å²) in [4.78, 5) is 14.3. The van der Waals surface area contributed by atoms with Gasteiger partial charge in [-0.2, -0.15) is 0 Å². The maximum absolute atomic E-state index is 9.76. The van der Waals surface area contributed by atoms with Gasteiger partial charge >= 0.3 is 0 Å². The maximum Gasteiger partial charge on any atom is 0.143 e. The zero-order valence-electron chi connectivity index (χ0n) is 11.6. The number of anilines is 1. The van der Waals surface area contributed by atoms with Crippen LogP contribution in [0.4, 0.5) is 5.82 Å². The second kappa shape index (κ2) is 4.60. The molecule has 1 aromatic carbocycles. The normalized spacial score (nSPS) is 16.9. The summed E-state index contributed by atoms with van der Waals surface area (Å²) < 4.78 is 0. The van der Waals surface area contributed by atoms with Crippen LogP contribution < -0.4 is 10.6 Å². The summed E-state index contributed by atoms with van der Waals surface area (Å²) in [6.07, 6.45) is 3.53. The van der Waals surface area contributed by atoms with E-state index in [0.29, 0.717) is 0 Å². The number of aromatic amines is 1. The van der Waals surface area contributed by atoms with Crippen molar-refractivity contribution >= 4 is 27.8 Å². The van der Waals surface area contributed by atoms with Gasteiger partial charge in [-0.15, -0.1) is 0 Å². The number of nitrogens with two attached hydrogens (primary N) is 1. The van der Waals surface area contributed by atoms with Crippen LogP contribution in [0.3, 0.4) is 0 Å². The number of aromatic nitrogens is 3. The van der Waals surface area contributed by atoms with Crippen LogP contribution in [0.15, 0.2) is 24.5 Å². The zero-order chi connectivity index (χ0) is 14.4. The van der Waals surface area contributed by atoms with Crippen molar-refractivity contribution in [3.63, 3.8) is 0 Å². The molecule has 0 spiro atoms. The van der Waals surface area contributed by atoms with E-state index >= 15 is 0 Å². The van der Waals surface area contributed by atoms with E-state index in [1.165, 1.54) is 0 Å². The minimum absolute atomic E-state index is 0.249. The number of benzene rings is 1. The molecule has 2 aromatic heterocycles. The number of phenols is 1. The smallest absolute Gasteiger partial charge is 0.143 e. The summed E-state index contributed by atoms with van der Waals surface area (Å²) in [6.45, 7) is 1.80. The molecule has 1 saturated heterocycles. The standard InChI is InChI=1S/C15H17N5O/c16-9-3-5-20(6-4-9)15-13-11-7-10(21)1-2-12(11)19-14(13)17-8-18-15/h1-2,7-9,21H,3-6,16H2,(H,17,18,19). The maximum atomic E-state index is 9.76. The van der Waals surface area contributed by atoms with Crippen LogP contribution in [-0.4, -0.2) is 39.2 Å². The van der Waals surface area contributed by atoms with Gasteiger partial charge in [-0.1, -0.05) is 0 Å². The molecule has 0 unspecified atom stereocenters. The van der Waals surface area contributed by atoms with Crippen LogP contribution in [0.5, 0.6) is 5.75 Å². The summed E-state index contributed by atoms with van der Waals surface area (Å²) in [5.41, 5.74) is 7.74. The topological polar surface area (TPSA) is 91.1 Å². The Labute approximate surface area is 121 Å². The minimum atomic E-state index is 0.249. The number of aromatic hydroxyl groups is 1. The van der Waals surface area contributed by atoms with Crippen LogP contribution in [-0.2, 0) is 0 Å². The molecule has 0 radical (unpaired) electrons. The molecule has 4 rings (SSSR count). The summed E-state index contributed by atoms with van der Waals surface area (Å²) in [6, 6.07) is 5.58. The predicted molar refractivity (Wildman–Crippen MR) is 82.5 cm³/mol. The quantitative estimate of drug-likeness (QED) is 0.633. The Balaban J connectivity index is 1.92. The zero-order valence-corrected chi connectivity index (χ0v) is 11.6. The van der Waals surface area contributed by atoms with E-state index in [9.17, 15) is 5.11 Å². The lowest BCUT2D eigenvalue weighted by atomic mass is 10.1. The van der Waals surface area contributed by atoms with Gasteiger partial charge in [-0.05, 0) is 31.0 Å². The molecule has 21 heavy (non-hydrogen) atoms. The minimum Gasteiger partial charge on any atom is -0.508 e. The molecule has 0 aliphatic carbocycles. The molecule has 0 atom stereocenters. The van der Waals surface area contributed by atoms with E-state index in [4.69, 9.17) is 5.73 Å². The van der Waals surface area contributed by atoms with E-state index in [1.807, 2.05) is 6.07 Å². The Morgan fingerprint density at radius 2 is 2.05 bits per heavy atom. The van der Waals surface area contributed by atoms with Gasteiger partial charge in [-0.3, -0.25) is 0 Å². The van der Waals surface area contributed by atoms with Crippen molar-refractivity contribution < 1.29 is 5.11 Å². The number of nitrogens with one attached hydrogen (secondary N) is 1. The molecule has 0 amide bonds. The van der Waals surface area contributed by atoms with Gasteiger partial charge in [0.2, 0.25) is 0 Å². The Bertz CT molecular complexity index is 804. The summed E-state index contributed by atoms with van der Waals surface area (Å²) in [5.74, 6) is 1.17. The fourth-order valence-corrected chi connectivity index (χ4v) is 3.05. The predicted octanol–water partition coefficient (Wildman–Crippen LogP) is 1.74. The Kier molecular flexibility index (Phi) is 2.71. The highest BCUT2D eigenvalue weighted by Gasteiger charge is 2.21. The van der Waals surface area contributed by atoms with E-state index in [2.05, 4.69) is 19.9 Å². The number of piperidine rings is 1. The third kappa shape index (κ3) is 1.99. The fraction of sp³-hybridized carbons (Fsp3) is 0.333. The average molecular weight is 283 g/mol. The van der Waals surface area contributed by atoms with Crippen LogP contribution in [0.1, 0.15) is 12.8 Å². The molecule has 3 heterocycles. The monoisotopic (exact) mass is 283 g/mol. The summed E-state index contributed by atoms with van der Waals surface area (Å²) >= 11 is 0. The lowest BCUT2D eigenvalue weighted by molar-refractivity contribution is 0.476. The molecule has 6 heteroatoms. The Hall–Kier alpha value is -2.34. The molecular formula is C15H17N5O. The first-order chi connectivity index (χ1) is 10.2. The molecule has 3 aromatic rings. The van der Waals surface area contributed by atoms with Crippen molar-refractivity contribution in [1.82, 2.24) is 15.0 Å². The van der Waals surface area contributed by atoms with E-state index in [-0.39, 0.29) is 11.8 Å². The van der Waals surface area contributed by atoms with Crippen molar-refractivity contribution in [2.24, 2.45) is 5.73 Å². The Morgan fingerprint density at radius 3 is 2.86 bits per heavy atom. The van der Waals surface area contributed by atoms with Crippen LogP contribution in [0, 0.1) is 0 Å². The number of H-pyrrole nitrogens is 1. The lowest BCUT2D eigenvalue weighted by Crippen LogP contribution is -2.40. The van der Waals surface area contributed by atoms with Crippen molar-refractivity contribution in [1.29, 1.82) is 0 Å². The number of hydrogen-bond donors (Lipinski definition) is 3. The van der Waals surface area contributed by atoms with Gasteiger partial charge in [0.05, 0.1) is 5.39 Å². The van der Waals surface area contributed by atoms with Gasteiger partial charge in [0.25, 0.3) is 0 Å². The van der Waals surface area contributed by atoms with Crippen LogP contribution >= 0.6 is 0 Å². The number of rotatable bonds is 1. The highest BCUT2D eigenvalue weighted by Crippen LogP contribution is 2.33. The molecule has 0 saturated carbocycles. The first-order valence-electron chi connectivity index (χ1n) is 7.18. The molecule has 1 aliphatic rings. The molecule has 108 valence electrons. The van der Waals surface area contributed by atoms with Crippen molar-refractivity contribution in [3.05, 3.63) is 24.5 Å². The van der Waals surface area contributed by atoms with E-state index in [0.717, 1.165) is 53.7 Å². The highest BCUT2D eigenvalue weighted by atomic mass is 16.3. The highest BCUT2D eigenvalue weighted by molar-refractivity contribution is 6.11. The molecule has 1 aliphatic heterocycles. The summed E-state index contributed by atoms with van der Waals surface area (Å²) in [7, 11) is 0. The average Bonchev–Trinajstić information content (AvgIpc) is 2.86. The number of nitrogens with zero attached hydrogens (tertiary/aromatic N) is 3. The van der Waals surface area contributed by atoms with Gasteiger partial charge in [0, 0.05) is 30.0 Å². The van der Waals surface area contributed by atoms with Crippen LogP contribution in [0.2, 0.25) is 0 Å². The van der Waals surface area contributed by atoms with Crippen LogP contribution in [0.25, 0.3) is 21.9 Å². The van der Waals surface area contributed by atoms with Gasteiger partial charge in [0.15, 0.2) is 0 Å². The lowest BCUT2D eigenvalue weighted by Gasteiger charge is -2.31. The molecule has 4 N–H and O–H groups in total. The first-order valence-corrected chi connectivity index (χ1v) is 7.18. The van der Waals surface area contributed by atoms with Crippen molar-refractivity contribution in [2.45, 2.75) is 18.9 Å². The van der Waals surface area contributed by atoms with Crippen molar-refractivity contribution in [3.8, 4) is 5.75 Å². The van der Waals surface area contributed by atoms with Gasteiger partial charge < -0.3 is 20.7 Å². The van der Waals surface area contributed by atoms with Gasteiger partial charge in [0.1, 0.15) is 23.5 Å². The van der Waals surface area contributed by atoms with Crippen molar-refractivity contribution in [2.75, 3.05) is 18.0 Å². The SMILES string of the molecule is NC1CCN(c2ncnc3[nH]c4ccc(O)cc4c23)CC1.